The van der Waals surface area contributed by atoms with Gasteiger partial charge >= 0.3 is 18.5 Å². The van der Waals surface area contributed by atoms with Crippen molar-refractivity contribution in [2.24, 2.45) is 0 Å². The van der Waals surface area contributed by atoms with Gasteiger partial charge in [-0.05, 0) is 86.9 Å². The van der Waals surface area contributed by atoms with Gasteiger partial charge in [-0.25, -0.2) is 9.97 Å². The van der Waals surface area contributed by atoms with Crippen molar-refractivity contribution in [2.75, 3.05) is 41.5 Å². The molecule has 1 aliphatic heterocycles. The maximum Gasteiger partial charge on any atom is 0.416 e. The molecule has 2 unspecified atom stereocenters. The lowest BCUT2D eigenvalue weighted by atomic mass is 9.98. The average Bonchev–Trinajstić information content (AvgIpc) is 3.02. The monoisotopic (exact) mass is 694 g/mol. The third-order valence-electron chi connectivity index (χ3n) is 7.95. The summed E-state index contributed by atoms with van der Waals surface area (Å²) in [7, 11) is 0.0142. The van der Waals surface area contributed by atoms with E-state index in [1.165, 1.54) is 30.3 Å². The Morgan fingerprint density at radius 3 is 1.96 bits per heavy atom. The van der Waals surface area contributed by atoms with Gasteiger partial charge in [-0.15, -0.1) is 0 Å². The number of rotatable bonds is 10. The predicted octanol–water partition coefficient (Wildman–Crippen LogP) is 9.39. The van der Waals surface area contributed by atoms with E-state index in [2.05, 4.69) is 9.97 Å². The molecule has 0 aliphatic carbocycles. The van der Waals surface area contributed by atoms with Gasteiger partial charge in [0.15, 0.2) is 5.75 Å². The number of piperidine rings is 1. The molecule has 0 saturated carbocycles. The quantitative estimate of drug-likeness (QED) is 0.156. The van der Waals surface area contributed by atoms with E-state index in [4.69, 9.17) is 4.74 Å². The molecule has 2 aromatic carbocycles. The van der Waals surface area contributed by atoms with Crippen LogP contribution in [0.1, 0.15) is 67.0 Å². The average molecular weight is 695 g/mol. The molecule has 3 aromatic rings. The molecular formula is C32H35F9N4OS. The number of ether oxygens (including phenoxy) is 1. The van der Waals surface area contributed by atoms with Gasteiger partial charge in [0.25, 0.3) is 0 Å². The Kier molecular flexibility index (Phi) is 11.4. The van der Waals surface area contributed by atoms with Gasteiger partial charge in [-0.3, -0.25) is 0 Å². The lowest BCUT2D eigenvalue weighted by Gasteiger charge is -2.35. The fourth-order valence-electron chi connectivity index (χ4n) is 5.24. The fraction of sp³-hybridized carbons (Fsp3) is 0.469. The van der Waals surface area contributed by atoms with Gasteiger partial charge in [0.05, 0.1) is 41.7 Å². The molecule has 4 rings (SSSR count). The molecule has 258 valence electrons. The van der Waals surface area contributed by atoms with Crippen molar-refractivity contribution in [1.82, 2.24) is 9.97 Å². The number of hydrogen-bond acceptors (Lipinski definition) is 5. The SMILES string of the molecule is C/C=S(/C)CCOc1cnc(N(Cc2cc(C(F)(F)F)ccc2N2CCCCC2)C(C)c2cc(C(F)(F)F)cc(C(F)(F)F)c2)nc1. The van der Waals surface area contributed by atoms with Crippen molar-refractivity contribution in [1.29, 1.82) is 0 Å². The molecule has 0 radical (unpaired) electrons. The number of alkyl halides is 9. The van der Waals surface area contributed by atoms with Crippen molar-refractivity contribution in [2.45, 2.75) is 64.2 Å². The smallest absolute Gasteiger partial charge is 0.416 e. The Bertz CT molecular complexity index is 1500. The minimum absolute atomic E-state index is 0.0142. The van der Waals surface area contributed by atoms with Gasteiger partial charge in [0.1, 0.15) is 0 Å². The van der Waals surface area contributed by atoms with E-state index in [0.717, 1.165) is 37.1 Å². The number of halogens is 9. The summed E-state index contributed by atoms with van der Waals surface area (Å²) in [6.45, 7) is 4.45. The lowest BCUT2D eigenvalue weighted by molar-refractivity contribution is -0.143. The molecule has 47 heavy (non-hydrogen) atoms. The minimum Gasteiger partial charge on any atom is -0.490 e. The summed E-state index contributed by atoms with van der Waals surface area (Å²) < 4.78 is 130. The molecule has 0 spiro atoms. The molecule has 1 aliphatic rings. The molecule has 1 aromatic heterocycles. The summed E-state index contributed by atoms with van der Waals surface area (Å²) in [5.74, 6) is 0.892. The highest BCUT2D eigenvalue weighted by molar-refractivity contribution is 8.14. The summed E-state index contributed by atoms with van der Waals surface area (Å²) in [5.41, 5.74) is -3.67. The second-order valence-corrected chi connectivity index (χ2v) is 13.5. The van der Waals surface area contributed by atoms with E-state index in [9.17, 15) is 39.5 Å². The Morgan fingerprint density at radius 1 is 0.851 bits per heavy atom. The molecule has 1 saturated heterocycles. The number of anilines is 2. The molecule has 1 fully saturated rings. The largest absolute Gasteiger partial charge is 0.490 e. The van der Waals surface area contributed by atoms with E-state index in [1.54, 1.807) is 0 Å². The Labute approximate surface area is 269 Å². The van der Waals surface area contributed by atoms with Crippen LogP contribution in [0.5, 0.6) is 5.75 Å². The van der Waals surface area contributed by atoms with Gasteiger partial charge < -0.3 is 14.5 Å². The molecule has 0 bridgehead atoms. The summed E-state index contributed by atoms with van der Waals surface area (Å²) in [6.07, 6.45) is -7.64. The predicted molar refractivity (Wildman–Crippen MR) is 166 cm³/mol. The number of aromatic nitrogens is 2. The second-order valence-electron chi connectivity index (χ2n) is 11.2. The van der Waals surface area contributed by atoms with E-state index in [-0.39, 0.29) is 45.9 Å². The van der Waals surface area contributed by atoms with Crippen LogP contribution in [0.3, 0.4) is 0 Å². The highest BCUT2D eigenvalue weighted by Gasteiger charge is 2.38. The third-order valence-corrected chi connectivity index (χ3v) is 9.57. The topological polar surface area (TPSA) is 41.5 Å². The van der Waals surface area contributed by atoms with Crippen LogP contribution in [0.15, 0.2) is 48.8 Å². The summed E-state index contributed by atoms with van der Waals surface area (Å²) in [4.78, 5) is 11.8. The van der Waals surface area contributed by atoms with Crippen molar-refractivity contribution in [3.05, 3.63) is 76.6 Å². The van der Waals surface area contributed by atoms with Crippen molar-refractivity contribution >= 4 is 27.5 Å². The maximum absolute atomic E-state index is 13.9. The molecular weight excluding hydrogens is 659 g/mol. The van der Waals surface area contributed by atoms with Gasteiger partial charge in [-0.2, -0.15) is 50.0 Å². The molecule has 2 heterocycles. The van der Waals surface area contributed by atoms with E-state index in [1.807, 2.05) is 23.4 Å². The molecule has 2 atom stereocenters. The normalized spacial score (nSPS) is 15.9. The summed E-state index contributed by atoms with van der Waals surface area (Å²) >= 11 is 0. The first kappa shape index (κ1) is 36.3. The number of benzene rings is 2. The van der Waals surface area contributed by atoms with E-state index >= 15 is 0 Å². The van der Waals surface area contributed by atoms with Gasteiger partial charge in [-0.1, -0.05) is 5.37 Å². The highest BCUT2D eigenvalue weighted by atomic mass is 32.2. The molecule has 5 nitrogen and oxygen atoms in total. The zero-order chi connectivity index (χ0) is 34.6. The first-order chi connectivity index (χ1) is 22.0. The Balaban J connectivity index is 1.82. The minimum atomic E-state index is -5.09. The molecule has 0 N–H and O–H groups in total. The third kappa shape index (κ3) is 9.54. The zero-order valence-electron chi connectivity index (χ0n) is 25.9. The second kappa shape index (κ2) is 14.7. The van der Waals surface area contributed by atoms with E-state index in [0.29, 0.717) is 37.5 Å². The van der Waals surface area contributed by atoms with E-state index < -0.39 is 41.3 Å². The fourth-order valence-corrected chi connectivity index (χ4v) is 5.82. The van der Waals surface area contributed by atoms with Crippen molar-refractivity contribution in [3.63, 3.8) is 0 Å². The highest BCUT2D eigenvalue weighted by Crippen LogP contribution is 2.40. The van der Waals surface area contributed by atoms with Crippen LogP contribution in [0, 0.1) is 0 Å². The summed E-state index contributed by atoms with van der Waals surface area (Å²) in [5, 5.41) is 2.03. The van der Waals surface area contributed by atoms with Crippen LogP contribution in [0.2, 0.25) is 0 Å². The van der Waals surface area contributed by atoms with Crippen LogP contribution >= 0.6 is 10.5 Å². The zero-order valence-corrected chi connectivity index (χ0v) is 26.8. The Hall–Kier alpha value is -3.49. The summed E-state index contributed by atoms with van der Waals surface area (Å²) in [6, 6.07) is 3.28. The van der Waals surface area contributed by atoms with Crippen molar-refractivity contribution in [3.8, 4) is 5.75 Å². The molecule has 0 amide bonds. The van der Waals surface area contributed by atoms with Crippen LogP contribution in [-0.2, 0) is 25.1 Å². The standard InChI is InChI=1S/C32H35F9N4OS/c1-4-47(3)13-12-46-27-18-42-29(43-19-27)45(21(2)22-14-25(31(36,37)38)17-26(15-22)32(39,40)41)20-23-16-24(30(33,34)35)8-9-28(23)44-10-6-5-7-11-44/h4,8-9,14-19,21H,5-7,10-13,20H2,1-3H3. The van der Waals surface area contributed by atoms with Gasteiger partial charge in [0, 0.05) is 31.1 Å². The van der Waals surface area contributed by atoms with Crippen molar-refractivity contribution < 1.29 is 44.3 Å². The Morgan fingerprint density at radius 2 is 1.43 bits per heavy atom. The number of nitrogens with zero attached hydrogens (tertiary/aromatic N) is 4. The first-order valence-corrected chi connectivity index (χ1v) is 16.7. The van der Waals surface area contributed by atoms with Crippen LogP contribution in [-0.4, -0.2) is 47.0 Å². The number of hydrogen-bond donors (Lipinski definition) is 0. The lowest BCUT2D eigenvalue weighted by Crippen LogP contribution is -2.33. The van der Waals surface area contributed by atoms with Crippen LogP contribution < -0.4 is 14.5 Å². The molecule has 15 heteroatoms. The van der Waals surface area contributed by atoms with Gasteiger partial charge in [0.2, 0.25) is 5.95 Å². The maximum atomic E-state index is 13.9. The van der Waals surface area contributed by atoms with Crippen LogP contribution in [0.4, 0.5) is 51.1 Å². The van der Waals surface area contributed by atoms with Crippen LogP contribution in [0.25, 0.3) is 0 Å². The first-order valence-electron chi connectivity index (χ1n) is 14.8.